The highest BCUT2D eigenvalue weighted by atomic mass is 16.6. The summed E-state index contributed by atoms with van der Waals surface area (Å²) < 4.78 is 5.06. The summed E-state index contributed by atoms with van der Waals surface area (Å²) in [5, 5.41) is 6.79. The highest BCUT2D eigenvalue weighted by molar-refractivity contribution is 5.67. The van der Waals surface area contributed by atoms with E-state index >= 15 is 0 Å². The number of nitrogens with one attached hydrogen (secondary N) is 2. The highest BCUT2D eigenvalue weighted by Gasteiger charge is 2.23. The first-order valence-corrected chi connectivity index (χ1v) is 9.40. The molecule has 25 heavy (non-hydrogen) atoms. The van der Waals surface area contributed by atoms with Crippen molar-refractivity contribution in [3.8, 4) is 0 Å². The van der Waals surface area contributed by atoms with Crippen LogP contribution in [-0.4, -0.2) is 53.2 Å². The number of aryl methyl sites for hydroxylation is 1. The summed E-state index contributed by atoms with van der Waals surface area (Å²) in [4.78, 5) is 22.5. The molecule has 0 radical (unpaired) electrons. The van der Waals surface area contributed by atoms with Crippen LogP contribution in [-0.2, 0) is 4.74 Å². The van der Waals surface area contributed by atoms with Crippen molar-refractivity contribution in [2.24, 2.45) is 0 Å². The molecule has 1 aliphatic rings. The van der Waals surface area contributed by atoms with E-state index in [1.807, 2.05) is 19.9 Å². The number of anilines is 2. The highest BCUT2D eigenvalue weighted by Crippen LogP contribution is 2.17. The molecule has 1 fully saturated rings. The number of carbonyl (C=O) groups excluding carboxylic acids is 1. The Kier molecular flexibility index (Phi) is 7.76. The van der Waals surface area contributed by atoms with E-state index in [4.69, 9.17) is 4.74 Å². The molecule has 2 rings (SSSR count). The first-order chi connectivity index (χ1) is 12.1. The van der Waals surface area contributed by atoms with Gasteiger partial charge in [-0.05, 0) is 33.1 Å². The second-order valence-corrected chi connectivity index (χ2v) is 6.46. The summed E-state index contributed by atoms with van der Waals surface area (Å²) in [5.74, 6) is 1.53. The Morgan fingerprint density at radius 1 is 1.28 bits per heavy atom. The van der Waals surface area contributed by atoms with E-state index in [0.29, 0.717) is 31.7 Å². The predicted molar refractivity (Wildman–Crippen MR) is 100 cm³/mol. The van der Waals surface area contributed by atoms with Gasteiger partial charge in [0.2, 0.25) is 5.95 Å². The van der Waals surface area contributed by atoms with Crippen LogP contribution in [0.25, 0.3) is 0 Å². The Labute approximate surface area is 150 Å². The number of likely N-dealkylation sites (tertiary alicyclic amines) is 1. The predicted octanol–water partition coefficient (Wildman–Crippen LogP) is 3.42. The maximum Gasteiger partial charge on any atom is 0.409 e. The Morgan fingerprint density at radius 2 is 2.04 bits per heavy atom. The molecule has 0 spiro atoms. The van der Waals surface area contributed by atoms with Gasteiger partial charge in [-0.2, -0.15) is 4.98 Å². The largest absolute Gasteiger partial charge is 0.450 e. The summed E-state index contributed by atoms with van der Waals surface area (Å²) >= 11 is 0. The summed E-state index contributed by atoms with van der Waals surface area (Å²) in [6.07, 6.45) is 5.11. The lowest BCUT2D eigenvalue weighted by Crippen LogP contribution is -2.42. The van der Waals surface area contributed by atoms with E-state index in [9.17, 15) is 4.79 Å². The van der Waals surface area contributed by atoms with Crippen LogP contribution >= 0.6 is 0 Å². The van der Waals surface area contributed by atoms with Crippen molar-refractivity contribution >= 4 is 17.9 Å². The Balaban J connectivity index is 1.84. The van der Waals surface area contributed by atoms with Crippen LogP contribution in [0, 0.1) is 6.92 Å². The minimum atomic E-state index is -0.211. The fourth-order valence-corrected chi connectivity index (χ4v) is 2.93. The minimum Gasteiger partial charge on any atom is -0.450 e. The van der Waals surface area contributed by atoms with Gasteiger partial charge in [-0.1, -0.05) is 19.8 Å². The van der Waals surface area contributed by atoms with Crippen LogP contribution in [0.2, 0.25) is 0 Å². The standard InChI is InChI=1S/C18H31N5O2/c1-4-6-7-10-19-17-20-14(3)13-16(22-17)21-15-8-11-23(12-9-15)18(24)25-5-2/h13,15H,4-12H2,1-3H3,(H2,19,20,21,22). The number of amides is 1. The molecule has 0 atom stereocenters. The van der Waals surface area contributed by atoms with E-state index in [0.717, 1.165) is 37.3 Å². The van der Waals surface area contributed by atoms with Crippen molar-refractivity contribution in [1.82, 2.24) is 14.9 Å². The third-order valence-corrected chi connectivity index (χ3v) is 4.29. The molecule has 1 saturated heterocycles. The molecular formula is C18H31N5O2. The number of aromatic nitrogens is 2. The zero-order valence-corrected chi connectivity index (χ0v) is 15.7. The molecule has 1 aromatic heterocycles. The maximum absolute atomic E-state index is 11.8. The molecule has 2 heterocycles. The van der Waals surface area contributed by atoms with Gasteiger partial charge in [0.05, 0.1) is 6.61 Å². The Bertz CT molecular complexity index is 544. The van der Waals surface area contributed by atoms with Crippen LogP contribution in [0.3, 0.4) is 0 Å². The zero-order valence-electron chi connectivity index (χ0n) is 15.7. The number of nitrogens with zero attached hydrogens (tertiary/aromatic N) is 3. The lowest BCUT2D eigenvalue weighted by molar-refractivity contribution is 0.0983. The average Bonchev–Trinajstić information content (AvgIpc) is 2.59. The SMILES string of the molecule is CCCCCNc1nc(C)cc(NC2CCN(C(=O)OCC)CC2)n1. The second-order valence-electron chi connectivity index (χ2n) is 6.46. The van der Waals surface area contributed by atoms with Gasteiger partial charge in [0.15, 0.2) is 0 Å². The summed E-state index contributed by atoms with van der Waals surface area (Å²) in [6.45, 7) is 8.74. The van der Waals surface area contributed by atoms with Gasteiger partial charge in [-0.3, -0.25) is 0 Å². The molecule has 7 nitrogen and oxygen atoms in total. The quantitative estimate of drug-likeness (QED) is 0.700. The van der Waals surface area contributed by atoms with Crippen molar-refractivity contribution < 1.29 is 9.53 Å². The number of ether oxygens (including phenoxy) is 1. The molecule has 0 aliphatic carbocycles. The second kappa shape index (κ2) is 10.1. The van der Waals surface area contributed by atoms with Crippen LogP contribution in [0.1, 0.15) is 51.6 Å². The normalized spacial score (nSPS) is 15.1. The fraction of sp³-hybridized carbons (Fsp3) is 0.722. The van der Waals surface area contributed by atoms with Crippen molar-refractivity contribution in [1.29, 1.82) is 0 Å². The summed E-state index contributed by atoms with van der Waals surface area (Å²) in [5.41, 5.74) is 0.944. The lowest BCUT2D eigenvalue weighted by Gasteiger charge is -2.31. The van der Waals surface area contributed by atoms with Crippen LogP contribution in [0.15, 0.2) is 6.07 Å². The van der Waals surface area contributed by atoms with Gasteiger partial charge in [-0.15, -0.1) is 0 Å². The minimum absolute atomic E-state index is 0.211. The molecule has 140 valence electrons. The van der Waals surface area contributed by atoms with Crippen molar-refractivity contribution in [2.75, 3.05) is 36.9 Å². The van der Waals surface area contributed by atoms with Crippen molar-refractivity contribution in [2.45, 2.75) is 58.9 Å². The molecule has 0 bridgehead atoms. The van der Waals surface area contributed by atoms with Gasteiger partial charge in [0.25, 0.3) is 0 Å². The van der Waals surface area contributed by atoms with Crippen LogP contribution < -0.4 is 10.6 Å². The number of piperidine rings is 1. The van der Waals surface area contributed by atoms with E-state index in [1.165, 1.54) is 12.8 Å². The van der Waals surface area contributed by atoms with Gasteiger partial charge in [-0.25, -0.2) is 9.78 Å². The van der Waals surface area contributed by atoms with Gasteiger partial charge in [0.1, 0.15) is 5.82 Å². The van der Waals surface area contributed by atoms with Crippen LogP contribution in [0.5, 0.6) is 0 Å². The smallest absolute Gasteiger partial charge is 0.409 e. The number of unbranched alkanes of at least 4 members (excludes halogenated alkanes) is 2. The number of rotatable bonds is 8. The number of carbonyl (C=O) groups is 1. The third-order valence-electron chi connectivity index (χ3n) is 4.29. The van der Waals surface area contributed by atoms with E-state index in [1.54, 1.807) is 4.90 Å². The maximum atomic E-state index is 11.8. The van der Waals surface area contributed by atoms with E-state index < -0.39 is 0 Å². The topological polar surface area (TPSA) is 79.4 Å². The van der Waals surface area contributed by atoms with Gasteiger partial charge >= 0.3 is 6.09 Å². The lowest BCUT2D eigenvalue weighted by atomic mass is 10.1. The molecule has 0 unspecified atom stereocenters. The molecule has 2 N–H and O–H groups in total. The average molecular weight is 349 g/mol. The van der Waals surface area contributed by atoms with Gasteiger partial charge in [0, 0.05) is 37.4 Å². The monoisotopic (exact) mass is 349 g/mol. The summed E-state index contributed by atoms with van der Waals surface area (Å²) in [6, 6.07) is 2.28. The molecule has 0 aromatic carbocycles. The molecule has 1 amide bonds. The third kappa shape index (κ3) is 6.40. The Morgan fingerprint density at radius 3 is 2.72 bits per heavy atom. The number of hydrogen-bond donors (Lipinski definition) is 2. The van der Waals surface area contributed by atoms with Crippen molar-refractivity contribution in [3.05, 3.63) is 11.8 Å². The molecule has 7 heteroatoms. The van der Waals surface area contributed by atoms with E-state index in [-0.39, 0.29) is 6.09 Å². The first kappa shape index (κ1) is 19.3. The molecule has 0 saturated carbocycles. The van der Waals surface area contributed by atoms with Crippen LogP contribution in [0.4, 0.5) is 16.6 Å². The Hall–Kier alpha value is -2.05. The molecule has 1 aromatic rings. The fourth-order valence-electron chi connectivity index (χ4n) is 2.93. The van der Waals surface area contributed by atoms with Gasteiger partial charge < -0.3 is 20.3 Å². The number of hydrogen-bond acceptors (Lipinski definition) is 6. The molecule has 1 aliphatic heterocycles. The summed E-state index contributed by atoms with van der Waals surface area (Å²) in [7, 11) is 0. The molecular weight excluding hydrogens is 318 g/mol. The first-order valence-electron chi connectivity index (χ1n) is 9.40. The zero-order chi connectivity index (χ0) is 18.1. The van der Waals surface area contributed by atoms with Crippen molar-refractivity contribution in [3.63, 3.8) is 0 Å². The van der Waals surface area contributed by atoms with E-state index in [2.05, 4.69) is 27.5 Å².